The number of thioether (sulfide) groups is 1. The number of nitrogens with zero attached hydrogens (tertiary/aromatic N) is 1. The van der Waals surface area contributed by atoms with Crippen LogP contribution in [0.1, 0.15) is 25.3 Å². The van der Waals surface area contributed by atoms with E-state index in [1.165, 1.54) is 6.08 Å². The minimum Gasteiger partial charge on any atom is -0.483 e. The van der Waals surface area contributed by atoms with Gasteiger partial charge in [-0.25, -0.2) is 0 Å². The van der Waals surface area contributed by atoms with Crippen LogP contribution in [0, 0.1) is 0 Å². The van der Waals surface area contributed by atoms with Gasteiger partial charge in [-0.2, -0.15) is 0 Å². The van der Waals surface area contributed by atoms with E-state index >= 15 is 0 Å². The molecule has 0 spiro atoms. The molecule has 0 aliphatic carbocycles. The molecule has 2 rings (SSSR count). The number of hydrogen-bond acceptors (Lipinski definition) is 7. The second kappa shape index (κ2) is 9.77. The van der Waals surface area contributed by atoms with E-state index in [9.17, 15) is 19.2 Å². The van der Waals surface area contributed by atoms with Crippen molar-refractivity contribution in [2.75, 3.05) is 19.8 Å². The van der Waals surface area contributed by atoms with Crippen LogP contribution in [0.4, 0.5) is 4.79 Å². The zero-order chi connectivity index (χ0) is 19.8. The fourth-order valence-electron chi connectivity index (χ4n) is 2.16. The van der Waals surface area contributed by atoms with Crippen LogP contribution in [-0.4, -0.2) is 47.7 Å². The van der Waals surface area contributed by atoms with Crippen LogP contribution in [0.3, 0.4) is 0 Å². The largest absolute Gasteiger partial charge is 0.483 e. The standard InChI is InChI=1S/C18H20N2O6S/c1-2-3-8-25-16(22)10-20-17(23)14(27-18(20)24)9-12-6-4-5-7-13(12)26-11-15(19)21/h4-7,9H,2-3,8,10-11H2,1H3,(H2,19,21)/b14-9+. The highest BCUT2D eigenvalue weighted by Gasteiger charge is 2.36. The molecule has 1 heterocycles. The molecule has 0 unspecified atom stereocenters. The lowest BCUT2D eigenvalue weighted by atomic mass is 10.2. The van der Waals surface area contributed by atoms with Gasteiger partial charge in [-0.05, 0) is 30.3 Å². The van der Waals surface area contributed by atoms with Crippen LogP contribution in [-0.2, 0) is 19.1 Å². The van der Waals surface area contributed by atoms with Gasteiger partial charge in [0.15, 0.2) is 6.61 Å². The number of benzene rings is 1. The van der Waals surface area contributed by atoms with Crippen molar-refractivity contribution in [3.63, 3.8) is 0 Å². The normalized spacial score (nSPS) is 15.3. The van der Waals surface area contributed by atoms with Gasteiger partial charge in [0.1, 0.15) is 12.3 Å². The number of carbonyl (C=O) groups is 4. The van der Waals surface area contributed by atoms with E-state index in [-0.39, 0.29) is 18.1 Å². The molecule has 2 N–H and O–H groups in total. The van der Waals surface area contributed by atoms with E-state index in [4.69, 9.17) is 15.2 Å². The summed E-state index contributed by atoms with van der Waals surface area (Å²) >= 11 is 0.724. The summed E-state index contributed by atoms with van der Waals surface area (Å²) in [6.07, 6.45) is 3.06. The fraction of sp³-hybridized carbons (Fsp3) is 0.333. The molecular formula is C18H20N2O6S. The van der Waals surface area contributed by atoms with Gasteiger partial charge in [0, 0.05) is 5.56 Å². The number of nitrogens with two attached hydrogens (primary N) is 1. The zero-order valence-electron chi connectivity index (χ0n) is 14.8. The Balaban J connectivity index is 2.10. The SMILES string of the molecule is CCCCOC(=O)CN1C(=O)S/C(=C/c2ccccc2OCC(N)=O)C1=O. The second-order valence-corrected chi connectivity index (χ2v) is 6.63. The Labute approximate surface area is 160 Å². The maximum atomic E-state index is 12.5. The number of carbonyl (C=O) groups excluding carboxylic acids is 4. The highest BCUT2D eigenvalue weighted by Crippen LogP contribution is 2.33. The van der Waals surface area contributed by atoms with Crippen molar-refractivity contribution < 1.29 is 28.7 Å². The van der Waals surface area contributed by atoms with Crippen molar-refractivity contribution in [1.82, 2.24) is 4.90 Å². The molecule has 0 radical (unpaired) electrons. The monoisotopic (exact) mass is 392 g/mol. The van der Waals surface area contributed by atoms with Gasteiger partial charge in [-0.3, -0.25) is 24.1 Å². The third-order valence-corrected chi connectivity index (χ3v) is 4.40. The Hall–Kier alpha value is -2.81. The Kier molecular flexibility index (Phi) is 7.42. The number of amides is 3. The summed E-state index contributed by atoms with van der Waals surface area (Å²) in [7, 11) is 0. The first-order valence-corrected chi connectivity index (χ1v) is 9.15. The average Bonchev–Trinajstić information content (AvgIpc) is 2.88. The lowest BCUT2D eigenvalue weighted by molar-refractivity contribution is -0.146. The molecule has 1 aromatic rings. The second-order valence-electron chi connectivity index (χ2n) is 5.63. The van der Waals surface area contributed by atoms with Crippen molar-refractivity contribution >= 4 is 40.9 Å². The summed E-state index contributed by atoms with van der Waals surface area (Å²) in [6.45, 7) is 1.48. The minimum absolute atomic E-state index is 0.150. The average molecular weight is 392 g/mol. The van der Waals surface area contributed by atoms with E-state index in [2.05, 4.69) is 0 Å². The lowest BCUT2D eigenvalue weighted by Crippen LogP contribution is -2.34. The molecule has 0 atom stereocenters. The smallest absolute Gasteiger partial charge is 0.326 e. The van der Waals surface area contributed by atoms with Crippen molar-refractivity contribution in [3.8, 4) is 5.75 Å². The molecule has 1 saturated heterocycles. The molecule has 1 fully saturated rings. The first kappa shape index (κ1) is 20.5. The molecular weight excluding hydrogens is 372 g/mol. The molecule has 0 saturated carbocycles. The van der Waals surface area contributed by atoms with Crippen LogP contribution in [0.25, 0.3) is 6.08 Å². The van der Waals surface area contributed by atoms with Gasteiger partial charge in [0.2, 0.25) is 0 Å². The fourth-order valence-corrected chi connectivity index (χ4v) is 2.99. The van der Waals surface area contributed by atoms with Crippen LogP contribution >= 0.6 is 11.8 Å². The van der Waals surface area contributed by atoms with Gasteiger partial charge < -0.3 is 15.2 Å². The van der Waals surface area contributed by atoms with Gasteiger partial charge in [-0.1, -0.05) is 31.5 Å². The maximum Gasteiger partial charge on any atom is 0.326 e. The highest BCUT2D eigenvalue weighted by atomic mass is 32.2. The number of hydrogen-bond donors (Lipinski definition) is 1. The van der Waals surface area contributed by atoms with Crippen LogP contribution in [0.5, 0.6) is 5.75 Å². The molecule has 9 heteroatoms. The molecule has 0 aromatic heterocycles. The number of unbranched alkanes of at least 4 members (excludes halogenated alkanes) is 1. The minimum atomic E-state index is -0.633. The van der Waals surface area contributed by atoms with E-state index in [1.807, 2.05) is 6.92 Å². The van der Waals surface area contributed by atoms with E-state index in [1.54, 1.807) is 24.3 Å². The summed E-state index contributed by atoms with van der Waals surface area (Å²) in [5.41, 5.74) is 5.58. The molecule has 8 nitrogen and oxygen atoms in total. The summed E-state index contributed by atoms with van der Waals surface area (Å²) < 4.78 is 10.3. The highest BCUT2D eigenvalue weighted by molar-refractivity contribution is 8.18. The Morgan fingerprint density at radius 3 is 2.70 bits per heavy atom. The molecule has 1 aliphatic heterocycles. The number of rotatable bonds is 9. The molecule has 0 bridgehead atoms. The number of para-hydroxylation sites is 1. The summed E-state index contributed by atoms with van der Waals surface area (Å²) in [5, 5.41) is -0.547. The first-order valence-electron chi connectivity index (χ1n) is 8.33. The molecule has 27 heavy (non-hydrogen) atoms. The van der Waals surface area contributed by atoms with Crippen molar-refractivity contribution in [2.45, 2.75) is 19.8 Å². The first-order chi connectivity index (χ1) is 12.9. The predicted octanol–water partition coefficient (Wildman–Crippen LogP) is 1.93. The topological polar surface area (TPSA) is 116 Å². The van der Waals surface area contributed by atoms with Gasteiger partial charge in [0.25, 0.3) is 17.1 Å². The summed E-state index contributed by atoms with van der Waals surface area (Å²) in [4.78, 5) is 48.2. The van der Waals surface area contributed by atoms with E-state index < -0.39 is 29.6 Å². The number of ether oxygens (including phenoxy) is 2. The molecule has 1 aliphatic rings. The van der Waals surface area contributed by atoms with Crippen molar-refractivity contribution in [3.05, 3.63) is 34.7 Å². The number of esters is 1. The molecule has 3 amide bonds. The summed E-state index contributed by atoms with van der Waals surface area (Å²) in [5.74, 6) is -1.49. The summed E-state index contributed by atoms with van der Waals surface area (Å²) in [6, 6.07) is 6.71. The van der Waals surface area contributed by atoms with Crippen LogP contribution in [0.15, 0.2) is 29.2 Å². The number of primary amides is 1. The van der Waals surface area contributed by atoms with Crippen molar-refractivity contribution in [2.24, 2.45) is 5.73 Å². The van der Waals surface area contributed by atoms with Gasteiger partial charge >= 0.3 is 5.97 Å². The Morgan fingerprint density at radius 2 is 2.00 bits per heavy atom. The third kappa shape index (κ3) is 5.85. The van der Waals surface area contributed by atoms with Crippen LogP contribution in [0.2, 0.25) is 0 Å². The zero-order valence-corrected chi connectivity index (χ0v) is 15.6. The van der Waals surface area contributed by atoms with E-state index in [0.29, 0.717) is 11.3 Å². The number of imide groups is 1. The Morgan fingerprint density at radius 1 is 1.26 bits per heavy atom. The lowest BCUT2D eigenvalue weighted by Gasteiger charge is -2.11. The predicted molar refractivity (Wildman–Crippen MR) is 99.7 cm³/mol. The quantitative estimate of drug-likeness (QED) is 0.388. The van der Waals surface area contributed by atoms with E-state index in [0.717, 1.165) is 29.5 Å². The van der Waals surface area contributed by atoms with Gasteiger partial charge in [-0.15, -0.1) is 0 Å². The van der Waals surface area contributed by atoms with Crippen LogP contribution < -0.4 is 10.5 Å². The van der Waals surface area contributed by atoms with Crippen molar-refractivity contribution in [1.29, 1.82) is 0 Å². The molecule has 1 aromatic carbocycles. The molecule has 144 valence electrons. The third-order valence-electron chi connectivity index (χ3n) is 3.50. The van der Waals surface area contributed by atoms with Gasteiger partial charge in [0.05, 0.1) is 11.5 Å². The Bertz CT molecular complexity index is 777. The maximum absolute atomic E-state index is 12.5.